The Bertz CT molecular complexity index is 2710. The highest BCUT2D eigenvalue weighted by atomic mass is 32.1. The molecule has 3 aliphatic heterocycles. The maximum Gasteiger partial charge on any atom is 0.243 e. The van der Waals surface area contributed by atoms with Crippen LogP contribution in [0, 0.1) is 18.8 Å². The van der Waals surface area contributed by atoms with Crippen LogP contribution in [0.1, 0.15) is 79.5 Å². The number of thiophene rings is 1. The number of aliphatic hydroxyl groups is 1. The number of benzene rings is 2. The number of fused-ring (bicyclic) bond motifs is 5. The van der Waals surface area contributed by atoms with Crippen molar-refractivity contribution in [1.82, 2.24) is 35.5 Å². The van der Waals surface area contributed by atoms with Gasteiger partial charge in [0.05, 0.1) is 46.0 Å². The minimum absolute atomic E-state index is 0.0393. The molecule has 2 aromatic carbocycles. The number of piperazine rings is 1. The van der Waals surface area contributed by atoms with Gasteiger partial charge in [-0.3, -0.25) is 14.4 Å². The van der Waals surface area contributed by atoms with E-state index < -0.39 is 18.1 Å². The second-order valence-corrected chi connectivity index (χ2v) is 19.9. The molecule has 6 aromatic rings. The number of β-amino-alcohol motifs (C(OH)–C–C–N with tert-alkyl or cyclic N) is 1. The molecule has 4 aliphatic rings. The van der Waals surface area contributed by atoms with Crippen LogP contribution in [0.15, 0.2) is 70.7 Å². The first kappa shape index (κ1) is 41.3. The van der Waals surface area contributed by atoms with Gasteiger partial charge in [0.15, 0.2) is 11.6 Å². The SMILES string of the molecule is Cc1ncsc1-c1ccc(C(C)NC(=O)[C@@H]2C[C@@H](O)CN2C(=O)C(c2cc(N3C[C@H]4C[C@@H]3CN4C(=O)[C@H]3CCc4sc5nnc(-c6ccccc6O)cc5c4C3)no2)C(C)C)cc1. The molecule has 2 unspecified atom stereocenters. The quantitative estimate of drug-likeness (QED) is 0.134. The van der Waals surface area contributed by atoms with Crippen molar-refractivity contribution >= 4 is 56.4 Å². The van der Waals surface area contributed by atoms with Crippen LogP contribution in [0.25, 0.3) is 31.9 Å². The molecule has 326 valence electrons. The summed E-state index contributed by atoms with van der Waals surface area (Å²) in [5.74, 6) is -0.227. The Morgan fingerprint density at radius 1 is 0.952 bits per heavy atom. The van der Waals surface area contributed by atoms with Gasteiger partial charge in [0, 0.05) is 53.9 Å². The minimum Gasteiger partial charge on any atom is -0.507 e. The number of rotatable bonds is 10. The van der Waals surface area contributed by atoms with Gasteiger partial charge in [-0.2, -0.15) is 0 Å². The molecule has 3 saturated heterocycles. The summed E-state index contributed by atoms with van der Waals surface area (Å²) in [5, 5.41) is 38.7. The maximum atomic E-state index is 14.4. The van der Waals surface area contributed by atoms with Crippen molar-refractivity contribution in [2.75, 3.05) is 24.5 Å². The predicted molar refractivity (Wildman–Crippen MR) is 240 cm³/mol. The number of para-hydroxylation sites is 1. The van der Waals surface area contributed by atoms with Gasteiger partial charge in [-0.05, 0) is 80.3 Å². The molecule has 16 heteroatoms. The van der Waals surface area contributed by atoms with E-state index in [2.05, 4.69) is 35.5 Å². The molecule has 63 heavy (non-hydrogen) atoms. The molecule has 10 rings (SSSR count). The van der Waals surface area contributed by atoms with Gasteiger partial charge in [0.2, 0.25) is 17.7 Å². The number of phenols is 1. The fourth-order valence-corrected chi connectivity index (χ4v) is 12.2. The number of aliphatic hydroxyl groups excluding tert-OH is 1. The highest BCUT2D eigenvalue weighted by Crippen LogP contribution is 2.42. The summed E-state index contributed by atoms with van der Waals surface area (Å²) in [5.41, 5.74) is 7.21. The fraction of sp³-hybridized carbons (Fsp3) is 0.426. The molecule has 3 fully saturated rings. The second-order valence-electron chi connectivity index (χ2n) is 17.9. The van der Waals surface area contributed by atoms with Crippen LogP contribution in [0.3, 0.4) is 0 Å². The van der Waals surface area contributed by atoms with Crippen LogP contribution < -0.4 is 10.2 Å². The number of anilines is 1. The third-order valence-corrected chi connectivity index (χ3v) is 15.7. The standard InChI is InChI=1S/C47H50N8O6S2/c1-24(2)42(47(60)55-22-32(56)17-37(55)44(58)49-25(3)27-9-11-28(12-10-27)43-26(4)48-23-62-43)39-19-41(52-61-39)53-20-31-16-30(53)21-54(31)46(59)29-13-14-40-34(15-29)35-18-36(50-51-45(35)63-40)33-7-5-6-8-38(33)57/h5-12,18-19,23-25,29-32,37,42,56-57H,13-17,20-22H2,1-4H3,(H,49,58)/t25?,29-,30+,31+,32+,37-,42?/m0/s1. The largest absolute Gasteiger partial charge is 0.507 e. The van der Waals surface area contributed by atoms with Crippen molar-refractivity contribution in [2.24, 2.45) is 11.8 Å². The summed E-state index contributed by atoms with van der Waals surface area (Å²) in [6.45, 7) is 9.05. The predicted octanol–water partition coefficient (Wildman–Crippen LogP) is 6.66. The number of likely N-dealkylation sites (tertiary alicyclic amines) is 2. The van der Waals surface area contributed by atoms with Gasteiger partial charge in [-0.25, -0.2) is 4.98 Å². The highest BCUT2D eigenvalue weighted by Gasteiger charge is 2.49. The van der Waals surface area contributed by atoms with Crippen molar-refractivity contribution < 1.29 is 29.1 Å². The van der Waals surface area contributed by atoms with Gasteiger partial charge in [-0.15, -0.1) is 32.9 Å². The van der Waals surface area contributed by atoms with Crippen LogP contribution in [-0.4, -0.2) is 102 Å². The van der Waals surface area contributed by atoms with Gasteiger partial charge < -0.3 is 34.8 Å². The Balaban J connectivity index is 0.786. The summed E-state index contributed by atoms with van der Waals surface area (Å²) in [7, 11) is 0. The fourth-order valence-electron chi connectivity index (χ4n) is 10.2. The van der Waals surface area contributed by atoms with Crippen LogP contribution in [0.4, 0.5) is 5.82 Å². The molecular formula is C47H50N8O6S2. The lowest BCUT2D eigenvalue weighted by atomic mass is 9.86. The molecule has 7 heterocycles. The summed E-state index contributed by atoms with van der Waals surface area (Å²) in [4.78, 5) is 55.7. The van der Waals surface area contributed by atoms with Gasteiger partial charge >= 0.3 is 0 Å². The van der Waals surface area contributed by atoms with E-state index in [1.165, 1.54) is 9.78 Å². The van der Waals surface area contributed by atoms with E-state index in [4.69, 9.17) is 4.52 Å². The number of carbonyl (C=O) groups is 3. The average molecular weight is 887 g/mol. The smallest absolute Gasteiger partial charge is 0.243 e. The van der Waals surface area contributed by atoms with E-state index >= 15 is 0 Å². The first-order valence-corrected chi connectivity index (χ1v) is 23.5. The second kappa shape index (κ2) is 16.4. The zero-order chi connectivity index (χ0) is 43.7. The third kappa shape index (κ3) is 7.54. The first-order chi connectivity index (χ1) is 30.4. The van der Waals surface area contributed by atoms with Crippen molar-refractivity contribution in [1.29, 1.82) is 0 Å². The lowest BCUT2D eigenvalue weighted by molar-refractivity contribution is -0.141. The van der Waals surface area contributed by atoms with E-state index in [9.17, 15) is 24.6 Å². The van der Waals surface area contributed by atoms with Crippen molar-refractivity contribution in [3.63, 3.8) is 0 Å². The van der Waals surface area contributed by atoms with Crippen LogP contribution in [-0.2, 0) is 27.2 Å². The molecule has 3 N–H and O–H groups in total. The number of nitrogens with one attached hydrogen (secondary N) is 1. The summed E-state index contributed by atoms with van der Waals surface area (Å²) in [6, 6.07) is 18.0. The number of aromatic nitrogens is 4. The number of nitrogens with zero attached hydrogens (tertiary/aromatic N) is 7. The zero-order valence-corrected chi connectivity index (χ0v) is 37.2. The average Bonchev–Trinajstić information content (AvgIpc) is 4.15. The zero-order valence-electron chi connectivity index (χ0n) is 35.6. The van der Waals surface area contributed by atoms with Crippen molar-refractivity contribution in [3.8, 4) is 27.4 Å². The molecule has 0 saturated carbocycles. The number of aryl methyl sites for hydroxylation is 2. The van der Waals surface area contributed by atoms with Gasteiger partial charge in [0.1, 0.15) is 22.5 Å². The number of carbonyl (C=O) groups excluding carboxylic acids is 3. The number of hydrogen-bond acceptors (Lipinski definition) is 13. The third-order valence-electron chi connectivity index (χ3n) is 13.6. The topological polar surface area (TPSA) is 178 Å². The monoisotopic (exact) mass is 886 g/mol. The van der Waals surface area contributed by atoms with Crippen LogP contribution >= 0.6 is 22.7 Å². The van der Waals surface area contributed by atoms with Gasteiger partial charge in [-0.1, -0.05) is 55.4 Å². The Hall–Kier alpha value is -5.71. The molecule has 14 nitrogen and oxygen atoms in total. The number of hydrogen-bond donors (Lipinski definition) is 3. The maximum absolute atomic E-state index is 14.4. The Morgan fingerprint density at radius 3 is 2.49 bits per heavy atom. The van der Waals surface area contributed by atoms with Crippen LogP contribution in [0.2, 0.25) is 0 Å². The normalized spacial score (nSPS) is 22.8. The van der Waals surface area contributed by atoms with E-state index in [-0.39, 0.29) is 66.4 Å². The Labute approximate surface area is 372 Å². The van der Waals surface area contributed by atoms with E-state index in [0.717, 1.165) is 56.7 Å². The van der Waals surface area contributed by atoms with Crippen molar-refractivity contribution in [3.05, 3.63) is 93.6 Å². The number of thiazole rings is 1. The Kier molecular flexibility index (Phi) is 10.8. The molecule has 3 amide bonds. The summed E-state index contributed by atoms with van der Waals surface area (Å²) in [6.07, 6.45) is 2.39. The lowest BCUT2D eigenvalue weighted by Crippen LogP contribution is -2.51. The molecular weight excluding hydrogens is 837 g/mol. The number of aromatic hydroxyl groups is 1. The Morgan fingerprint density at radius 2 is 1.76 bits per heavy atom. The molecule has 4 aromatic heterocycles. The van der Waals surface area contributed by atoms with E-state index in [1.807, 2.05) is 81.7 Å². The molecule has 7 atom stereocenters. The number of amides is 3. The van der Waals surface area contributed by atoms with Gasteiger partial charge in [0.25, 0.3) is 0 Å². The van der Waals surface area contributed by atoms with Crippen LogP contribution in [0.5, 0.6) is 5.75 Å². The molecule has 0 spiro atoms. The number of phenolic OH excluding ortho intramolecular Hbond substituents is 1. The molecule has 1 aliphatic carbocycles. The highest BCUT2D eigenvalue weighted by molar-refractivity contribution is 7.18. The van der Waals surface area contributed by atoms with Crippen molar-refractivity contribution in [2.45, 2.75) is 96.0 Å². The minimum atomic E-state index is -0.834. The summed E-state index contributed by atoms with van der Waals surface area (Å²) < 4.78 is 5.94. The molecule has 2 bridgehead atoms. The van der Waals surface area contributed by atoms with E-state index in [1.54, 1.807) is 34.8 Å². The summed E-state index contributed by atoms with van der Waals surface area (Å²) >= 11 is 3.23. The van der Waals surface area contributed by atoms with E-state index in [0.29, 0.717) is 42.3 Å². The molecule has 0 radical (unpaired) electrons. The lowest BCUT2D eigenvalue weighted by Gasteiger charge is -2.36. The first-order valence-electron chi connectivity index (χ1n) is 21.8.